The highest BCUT2D eigenvalue weighted by Gasteiger charge is 2.21. The number of urea groups is 1. The quantitative estimate of drug-likeness (QED) is 0.892. The van der Waals surface area contributed by atoms with Crippen LogP contribution in [0.25, 0.3) is 0 Å². The molecule has 1 aliphatic rings. The molecular formula is C18H20N2O2. The number of ether oxygens (including phenoxy) is 1. The molecule has 1 atom stereocenters. The Morgan fingerprint density at radius 2 is 1.82 bits per heavy atom. The Morgan fingerprint density at radius 3 is 2.59 bits per heavy atom. The van der Waals surface area contributed by atoms with E-state index in [1.165, 1.54) is 0 Å². The molecule has 1 aliphatic heterocycles. The van der Waals surface area contributed by atoms with Crippen LogP contribution in [0.2, 0.25) is 0 Å². The lowest BCUT2D eigenvalue weighted by Crippen LogP contribution is -2.44. The third-order valence-electron chi connectivity index (χ3n) is 3.93. The van der Waals surface area contributed by atoms with E-state index in [4.69, 9.17) is 4.74 Å². The van der Waals surface area contributed by atoms with E-state index >= 15 is 0 Å². The van der Waals surface area contributed by atoms with E-state index in [-0.39, 0.29) is 12.1 Å². The van der Waals surface area contributed by atoms with Crippen LogP contribution in [0.4, 0.5) is 10.5 Å². The lowest BCUT2D eigenvalue weighted by Gasteiger charge is -2.26. The molecule has 0 saturated heterocycles. The molecule has 1 heterocycles. The summed E-state index contributed by atoms with van der Waals surface area (Å²) < 4.78 is 5.69. The van der Waals surface area contributed by atoms with Gasteiger partial charge in [0, 0.05) is 5.69 Å². The van der Waals surface area contributed by atoms with Crippen LogP contribution in [0.3, 0.4) is 0 Å². The third kappa shape index (κ3) is 3.06. The molecule has 2 aromatic carbocycles. The highest BCUT2D eigenvalue weighted by Crippen LogP contribution is 2.24. The zero-order valence-corrected chi connectivity index (χ0v) is 12.8. The standard InChI is InChI=1S/C18H20N2O2/c1-12-6-5-7-13(2)17(12)20-18(21)19-15-10-14-8-3-4-9-16(14)22-11-15/h3-9,15H,10-11H2,1-2H3,(H2,19,20,21)/t15-/m1/s1. The maximum Gasteiger partial charge on any atom is 0.319 e. The molecule has 0 aromatic heterocycles. The summed E-state index contributed by atoms with van der Waals surface area (Å²) in [6, 6.07) is 13.7. The number of anilines is 1. The summed E-state index contributed by atoms with van der Waals surface area (Å²) in [4.78, 5) is 12.2. The number of carbonyl (C=O) groups excluding carboxylic acids is 1. The van der Waals surface area contributed by atoms with Gasteiger partial charge in [0.1, 0.15) is 12.4 Å². The second kappa shape index (κ2) is 6.10. The Morgan fingerprint density at radius 1 is 1.09 bits per heavy atom. The summed E-state index contributed by atoms with van der Waals surface area (Å²) in [5.41, 5.74) is 4.11. The molecule has 0 bridgehead atoms. The Hall–Kier alpha value is -2.49. The number of hydrogen-bond donors (Lipinski definition) is 2. The van der Waals surface area contributed by atoms with Gasteiger partial charge in [-0.3, -0.25) is 0 Å². The maximum absolute atomic E-state index is 12.2. The molecule has 4 nitrogen and oxygen atoms in total. The molecule has 114 valence electrons. The van der Waals surface area contributed by atoms with Crippen molar-refractivity contribution in [1.29, 1.82) is 0 Å². The van der Waals surface area contributed by atoms with Crippen molar-refractivity contribution < 1.29 is 9.53 Å². The van der Waals surface area contributed by atoms with Crippen LogP contribution in [0.15, 0.2) is 42.5 Å². The summed E-state index contributed by atoms with van der Waals surface area (Å²) in [5.74, 6) is 0.913. The first-order chi connectivity index (χ1) is 10.6. The van der Waals surface area contributed by atoms with Crippen LogP contribution in [0, 0.1) is 13.8 Å². The van der Waals surface area contributed by atoms with Crippen molar-refractivity contribution in [3.05, 3.63) is 59.2 Å². The fourth-order valence-electron chi connectivity index (χ4n) is 2.77. The smallest absolute Gasteiger partial charge is 0.319 e. The van der Waals surface area contributed by atoms with E-state index in [1.54, 1.807) is 0 Å². The SMILES string of the molecule is Cc1cccc(C)c1NC(=O)N[C@H]1COc2ccccc2C1. The lowest BCUT2D eigenvalue weighted by molar-refractivity contribution is 0.222. The molecule has 4 heteroatoms. The van der Waals surface area contributed by atoms with Crippen LogP contribution in [0.1, 0.15) is 16.7 Å². The minimum Gasteiger partial charge on any atom is -0.491 e. The number of amides is 2. The fourth-order valence-corrected chi connectivity index (χ4v) is 2.77. The Kier molecular flexibility index (Phi) is 4.00. The molecule has 3 rings (SSSR count). The molecule has 0 spiro atoms. The first kappa shape index (κ1) is 14.4. The monoisotopic (exact) mass is 296 g/mol. The first-order valence-electron chi connectivity index (χ1n) is 7.48. The highest BCUT2D eigenvalue weighted by atomic mass is 16.5. The van der Waals surface area contributed by atoms with Crippen molar-refractivity contribution in [3.63, 3.8) is 0 Å². The van der Waals surface area contributed by atoms with Crippen LogP contribution >= 0.6 is 0 Å². The summed E-state index contributed by atoms with van der Waals surface area (Å²) in [5, 5.41) is 5.93. The van der Waals surface area contributed by atoms with Gasteiger partial charge in [-0.05, 0) is 43.0 Å². The maximum atomic E-state index is 12.2. The van der Waals surface area contributed by atoms with Crippen LogP contribution in [0.5, 0.6) is 5.75 Å². The van der Waals surface area contributed by atoms with E-state index in [1.807, 2.05) is 56.3 Å². The largest absolute Gasteiger partial charge is 0.491 e. The minimum atomic E-state index is -0.189. The van der Waals surface area contributed by atoms with Crippen LogP contribution in [-0.2, 0) is 6.42 Å². The van der Waals surface area contributed by atoms with Crippen molar-refractivity contribution in [2.24, 2.45) is 0 Å². The molecule has 0 aliphatic carbocycles. The average Bonchev–Trinajstić information content (AvgIpc) is 2.51. The number of fused-ring (bicyclic) bond motifs is 1. The number of rotatable bonds is 2. The summed E-state index contributed by atoms with van der Waals surface area (Å²) >= 11 is 0. The molecule has 0 radical (unpaired) electrons. The van der Waals surface area contributed by atoms with E-state index in [2.05, 4.69) is 10.6 Å². The van der Waals surface area contributed by atoms with Gasteiger partial charge in [0.25, 0.3) is 0 Å². The van der Waals surface area contributed by atoms with Gasteiger partial charge in [0.15, 0.2) is 0 Å². The van der Waals surface area contributed by atoms with Crippen molar-refractivity contribution in [1.82, 2.24) is 5.32 Å². The van der Waals surface area contributed by atoms with Gasteiger partial charge in [-0.25, -0.2) is 4.79 Å². The summed E-state index contributed by atoms with van der Waals surface area (Å²) in [7, 11) is 0. The number of aryl methyl sites for hydroxylation is 2. The molecule has 0 unspecified atom stereocenters. The lowest BCUT2D eigenvalue weighted by atomic mass is 10.0. The van der Waals surface area contributed by atoms with Crippen LogP contribution < -0.4 is 15.4 Å². The summed E-state index contributed by atoms with van der Waals surface area (Å²) in [6.07, 6.45) is 0.788. The number of carbonyl (C=O) groups is 1. The molecule has 22 heavy (non-hydrogen) atoms. The molecule has 0 fully saturated rings. The van der Waals surface area contributed by atoms with Gasteiger partial charge in [-0.1, -0.05) is 36.4 Å². The fraction of sp³-hybridized carbons (Fsp3) is 0.278. The molecule has 2 N–H and O–H groups in total. The third-order valence-corrected chi connectivity index (χ3v) is 3.93. The van der Waals surface area contributed by atoms with Gasteiger partial charge in [-0.2, -0.15) is 0 Å². The van der Waals surface area contributed by atoms with E-state index < -0.39 is 0 Å². The van der Waals surface area contributed by atoms with E-state index in [0.717, 1.165) is 34.5 Å². The number of benzene rings is 2. The number of para-hydroxylation sites is 2. The minimum absolute atomic E-state index is 0.0146. The van der Waals surface area contributed by atoms with Gasteiger partial charge < -0.3 is 15.4 Å². The van der Waals surface area contributed by atoms with Crippen molar-refractivity contribution in [2.45, 2.75) is 26.3 Å². The Balaban J connectivity index is 1.64. The van der Waals surface area contributed by atoms with E-state index in [0.29, 0.717) is 6.61 Å². The predicted molar refractivity (Wildman–Crippen MR) is 87.5 cm³/mol. The molecular weight excluding hydrogens is 276 g/mol. The average molecular weight is 296 g/mol. The normalized spacial score (nSPS) is 16.4. The first-order valence-corrected chi connectivity index (χ1v) is 7.48. The van der Waals surface area contributed by atoms with Gasteiger partial charge in [0.05, 0.1) is 6.04 Å². The van der Waals surface area contributed by atoms with Crippen molar-refractivity contribution in [2.75, 3.05) is 11.9 Å². The number of nitrogens with one attached hydrogen (secondary N) is 2. The van der Waals surface area contributed by atoms with Gasteiger partial charge in [0.2, 0.25) is 0 Å². The van der Waals surface area contributed by atoms with Gasteiger partial charge in [-0.15, -0.1) is 0 Å². The highest BCUT2D eigenvalue weighted by molar-refractivity contribution is 5.91. The Bertz CT molecular complexity index is 677. The molecule has 2 aromatic rings. The zero-order valence-electron chi connectivity index (χ0n) is 12.8. The predicted octanol–water partition coefficient (Wildman–Crippen LogP) is 3.43. The van der Waals surface area contributed by atoms with Gasteiger partial charge >= 0.3 is 6.03 Å². The number of hydrogen-bond acceptors (Lipinski definition) is 2. The van der Waals surface area contributed by atoms with Crippen molar-refractivity contribution in [3.8, 4) is 5.75 Å². The summed E-state index contributed by atoms with van der Waals surface area (Å²) in [6.45, 7) is 4.47. The molecule has 0 saturated carbocycles. The van der Waals surface area contributed by atoms with Crippen molar-refractivity contribution >= 4 is 11.7 Å². The second-order valence-electron chi connectivity index (χ2n) is 5.69. The zero-order chi connectivity index (χ0) is 15.5. The second-order valence-corrected chi connectivity index (χ2v) is 5.69. The Labute approximate surface area is 130 Å². The van der Waals surface area contributed by atoms with Crippen LogP contribution in [-0.4, -0.2) is 18.7 Å². The topological polar surface area (TPSA) is 50.4 Å². The van der Waals surface area contributed by atoms with E-state index in [9.17, 15) is 4.79 Å². The molecule has 2 amide bonds.